The summed E-state index contributed by atoms with van der Waals surface area (Å²) < 4.78 is 14.5. The molecule has 0 spiro atoms. The van der Waals surface area contributed by atoms with Crippen LogP contribution in [0.5, 0.6) is 0 Å². The van der Waals surface area contributed by atoms with Crippen molar-refractivity contribution in [3.8, 4) is 0 Å². The molecule has 1 aliphatic heterocycles. The summed E-state index contributed by atoms with van der Waals surface area (Å²) in [5.41, 5.74) is 1.08. The lowest BCUT2D eigenvalue weighted by atomic mass is 9.93. The molecule has 0 bridgehead atoms. The quantitative estimate of drug-likeness (QED) is 0.918. The Morgan fingerprint density at radius 3 is 2.94 bits per heavy atom. The van der Waals surface area contributed by atoms with Gasteiger partial charge in [0.25, 0.3) is 0 Å². The third-order valence-corrected chi connectivity index (χ3v) is 4.50. The summed E-state index contributed by atoms with van der Waals surface area (Å²) >= 11 is 3.56. The van der Waals surface area contributed by atoms with Gasteiger partial charge in [-0.15, -0.1) is 0 Å². The van der Waals surface area contributed by atoms with E-state index in [0.29, 0.717) is 12.0 Å². The van der Waals surface area contributed by atoms with E-state index in [1.165, 1.54) is 12.5 Å². The van der Waals surface area contributed by atoms with Gasteiger partial charge in [0.1, 0.15) is 5.82 Å². The van der Waals surface area contributed by atoms with Crippen molar-refractivity contribution >= 4 is 15.9 Å². The predicted octanol–water partition coefficient (Wildman–Crippen LogP) is 3.19. The van der Waals surface area contributed by atoms with Gasteiger partial charge in [0.15, 0.2) is 0 Å². The molecule has 1 heterocycles. The van der Waals surface area contributed by atoms with E-state index < -0.39 is 0 Å². The van der Waals surface area contributed by atoms with Crippen molar-refractivity contribution in [3.63, 3.8) is 0 Å². The lowest BCUT2D eigenvalue weighted by Crippen LogP contribution is -2.29. The van der Waals surface area contributed by atoms with Crippen molar-refractivity contribution < 1.29 is 4.39 Å². The van der Waals surface area contributed by atoms with E-state index in [2.05, 4.69) is 33.1 Å². The van der Waals surface area contributed by atoms with Crippen molar-refractivity contribution in [2.75, 3.05) is 26.7 Å². The number of likely N-dealkylation sites (tertiary alicyclic amines) is 1. The van der Waals surface area contributed by atoms with E-state index >= 15 is 0 Å². The molecule has 4 heteroatoms. The zero-order chi connectivity index (χ0) is 13.1. The summed E-state index contributed by atoms with van der Waals surface area (Å²) in [6.07, 6.45) is 1.17. The van der Waals surface area contributed by atoms with Crippen molar-refractivity contribution in [3.05, 3.63) is 34.1 Å². The minimum absolute atomic E-state index is 0.153. The average molecular weight is 315 g/mol. The van der Waals surface area contributed by atoms with E-state index in [-0.39, 0.29) is 5.82 Å². The summed E-state index contributed by atoms with van der Waals surface area (Å²) in [5, 5.41) is 3.25. The third kappa shape index (κ3) is 2.76. The highest BCUT2D eigenvalue weighted by atomic mass is 79.9. The molecule has 18 heavy (non-hydrogen) atoms. The van der Waals surface area contributed by atoms with Gasteiger partial charge in [-0.25, -0.2) is 4.39 Å². The van der Waals surface area contributed by atoms with Gasteiger partial charge in [-0.2, -0.15) is 0 Å². The summed E-state index contributed by atoms with van der Waals surface area (Å²) in [6.45, 7) is 5.25. The van der Waals surface area contributed by atoms with Gasteiger partial charge in [0, 0.05) is 10.5 Å². The Balaban J connectivity index is 2.33. The Kier molecular flexibility index (Phi) is 4.76. The Hall–Kier alpha value is -0.450. The fourth-order valence-corrected chi connectivity index (χ4v) is 3.43. The predicted molar refractivity (Wildman–Crippen MR) is 76.1 cm³/mol. The van der Waals surface area contributed by atoms with Crippen LogP contribution in [0.25, 0.3) is 0 Å². The first-order valence-corrected chi connectivity index (χ1v) is 7.30. The topological polar surface area (TPSA) is 15.3 Å². The van der Waals surface area contributed by atoms with Crippen LogP contribution in [-0.4, -0.2) is 31.6 Å². The van der Waals surface area contributed by atoms with Crippen LogP contribution in [0, 0.1) is 11.7 Å². The molecule has 1 aliphatic rings. The van der Waals surface area contributed by atoms with Gasteiger partial charge < -0.3 is 5.32 Å². The number of hydrogen-bond donors (Lipinski definition) is 1. The molecule has 1 aromatic carbocycles. The first-order chi connectivity index (χ1) is 8.67. The lowest BCUT2D eigenvalue weighted by molar-refractivity contribution is 0.237. The molecular formula is C14H20BrFN2. The summed E-state index contributed by atoms with van der Waals surface area (Å²) in [5.74, 6) is 0.396. The molecule has 2 atom stereocenters. The minimum atomic E-state index is -0.153. The van der Waals surface area contributed by atoms with E-state index in [1.54, 1.807) is 6.07 Å². The molecule has 2 unspecified atom stereocenters. The van der Waals surface area contributed by atoms with Gasteiger partial charge in [-0.3, -0.25) is 4.90 Å². The van der Waals surface area contributed by atoms with Crippen LogP contribution in [0.1, 0.15) is 24.9 Å². The van der Waals surface area contributed by atoms with Crippen LogP contribution in [0.3, 0.4) is 0 Å². The smallest absolute Gasteiger partial charge is 0.123 e. The van der Waals surface area contributed by atoms with Gasteiger partial charge in [-0.1, -0.05) is 22.9 Å². The first-order valence-electron chi connectivity index (χ1n) is 6.51. The van der Waals surface area contributed by atoms with Crippen LogP contribution in [0.15, 0.2) is 22.7 Å². The zero-order valence-corrected chi connectivity index (χ0v) is 12.5. The maximum atomic E-state index is 13.5. The second-order valence-electron chi connectivity index (χ2n) is 4.85. The second kappa shape index (κ2) is 6.13. The highest BCUT2D eigenvalue weighted by molar-refractivity contribution is 9.10. The Morgan fingerprint density at radius 1 is 1.50 bits per heavy atom. The normalized spacial score (nSPS) is 24.7. The molecule has 0 amide bonds. The van der Waals surface area contributed by atoms with E-state index in [9.17, 15) is 4.39 Å². The molecule has 0 saturated carbocycles. The van der Waals surface area contributed by atoms with Crippen LogP contribution in [0.2, 0.25) is 0 Å². The fourth-order valence-electron chi connectivity index (χ4n) is 2.95. The van der Waals surface area contributed by atoms with E-state index in [1.807, 2.05) is 13.1 Å². The molecular weight excluding hydrogens is 295 g/mol. The molecule has 1 saturated heterocycles. The Morgan fingerprint density at radius 2 is 2.28 bits per heavy atom. The van der Waals surface area contributed by atoms with Crippen molar-refractivity contribution in [1.82, 2.24) is 10.2 Å². The van der Waals surface area contributed by atoms with E-state index in [0.717, 1.165) is 29.7 Å². The second-order valence-corrected chi connectivity index (χ2v) is 5.70. The van der Waals surface area contributed by atoms with Crippen molar-refractivity contribution in [2.45, 2.75) is 19.4 Å². The zero-order valence-electron chi connectivity index (χ0n) is 10.9. The van der Waals surface area contributed by atoms with E-state index in [4.69, 9.17) is 0 Å². The fraction of sp³-hybridized carbons (Fsp3) is 0.571. The van der Waals surface area contributed by atoms with Gasteiger partial charge in [0.2, 0.25) is 0 Å². The Bertz CT molecular complexity index is 411. The first kappa shape index (κ1) is 14.0. The molecule has 0 radical (unpaired) electrons. The molecule has 2 rings (SSSR count). The maximum Gasteiger partial charge on any atom is 0.123 e. The minimum Gasteiger partial charge on any atom is -0.319 e. The number of nitrogens with one attached hydrogen (secondary N) is 1. The molecule has 100 valence electrons. The number of rotatable bonds is 4. The maximum absolute atomic E-state index is 13.5. The monoisotopic (exact) mass is 314 g/mol. The summed E-state index contributed by atoms with van der Waals surface area (Å²) in [7, 11) is 1.98. The van der Waals surface area contributed by atoms with Gasteiger partial charge in [0.05, 0.1) is 0 Å². The summed E-state index contributed by atoms with van der Waals surface area (Å²) in [4.78, 5) is 2.43. The number of hydrogen-bond acceptors (Lipinski definition) is 2. The van der Waals surface area contributed by atoms with Crippen molar-refractivity contribution in [1.29, 1.82) is 0 Å². The van der Waals surface area contributed by atoms with Gasteiger partial charge in [-0.05, 0) is 62.8 Å². The molecule has 1 fully saturated rings. The van der Waals surface area contributed by atoms with Gasteiger partial charge >= 0.3 is 0 Å². The average Bonchev–Trinajstić information content (AvgIpc) is 2.75. The lowest BCUT2D eigenvalue weighted by Gasteiger charge is -2.28. The molecule has 0 aliphatic carbocycles. The third-order valence-electron chi connectivity index (χ3n) is 3.78. The number of nitrogens with zero attached hydrogens (tertiary/aromatic N) is 1. The number of benzene rings is 1. The van der Waals surface area contributed by atoms with Crippen molar-refractivity contribution in [2.24, 2.45) is 5.92 Å². The van der Waals surface area contributed by atoms with Crippen LogP contribution in [-0.2, 0) is 0 Å². The SMILES string of the molecule is CCN1CCC(CNC)C1c1cc(F)ccc1Br. The highest BCUT2D eigenvalue weighted by Crippen LogP contribution is 2.39. The molecule has 1 N–H and O–H groups in total. The van der Waals surface area contributed by atoms with Crippen LogP contribution < -0.4 is 5.32 Å². The molecule has 1 aromatic rings. The van der Waals surface area contributed by atoms with Crippen LogP contribution >= 0.6 is 15.9 Å². The number of halogens is 2. The molecule has 2 nitrogen and oxygen atoms in total. The summed E-state index contributed by atoms with van der Waals surface area (Å²) in [6, 6.07) is 5.30. The molecule has 0 aromatic heterocycles. The van der Waals surface area contributed by atoms with Crippen LogP contribution in [0.4, 0.5) is 4.39 Å². The Labute approximate surface area is 117 Å². The standard InChI is InChI=1S/C14H20BrFN2/c1-3-18-7-6-10(9-17-2)14(18)12-8-11(16)4-5-13(12)15/h4-5,8,10,14,17H,3,6-7,9H2,1-2H3. The largest absolute Gasteiger partial charge is 0.319 e. The highest BCUT2D eigenvalue weighted by Gasteiger charge is 2.34.